The van der Waals surface area contributed by atoms with Crippen molar-refractivity contribution in [3.05, 3.63) is 101 Å². The van der Waals surface area contributed by atoms with E-state index in [2.05, 4.69) is 31.4 Å². The van der Waals surface area contributed by atoms with Crippen molar-refractivity contribution >= 4 is 17.7 Å². The van der Waals surface area contributed by atoms with E-state index in [9.17, 15) is 13.6 Å². The summed E-state index contributed by atoms with van der Waals surface area (Å²) in [4.78, 5) is 15.7. The van der Waals surface area contributed by atoms with Gasteiger partial charge in [0.05, 0.1) is 23.6 Å². The number of hydrogen-bond acceptors (Lipinski definition) is 6. The number of halogens is 2. The Morgan fingerprint density at radius 2 is 1.75 bits per heavy atom. The second-order valence-electron chi connectivity index (χ2n) is 15.0. The molecule has 10 nitrogen and oxygen atoms in total. The number of aromatic nitrogens is 3. The fraction of sp³-hybridized carbons (Fsp3) is 0.436. The van der Waals surface area contributed by atoms with Crippen molar-refractivity contribution < 1.29 is 18.3 Å². The molecule has 0 unspecified atom stereocenters. The summed E-state index contributed by atoms with van der Waals surface area (Å²) in [6.45, 7) is 11.3. The molecule has 270 valence electrons. The van der Waals surface area contributed by atoms with Crippen LogP contribution in [0.3, 0.4) is 0 Å². The Labute approximate surface area is 297 Å². The maximum Gasteiger partial charge on any atom is 0.320 e. The highest BCUT2D eigenvalue weighted by molar-refractivity contribution is 5.89. The van der Waals surface area contributed by atoms with Gasteiger partial charge in [-0.1, -0.05) is 71.0 Å². The monoisotopic (exact) mass is 698 g/mol. The molecule has 1 fully saturated rings. The number of urea groups is 1. The maximum absolute atomic E-state index is 13.7. The average Bonchev–Trinajstić information content (AvgIpc) is 3.52. The highest BCUT2D eigenvalue weighted by Gasteiger charge is 2.34. The molecule has 2 aromatic heterocycles. The normalized spacial score (nSPS) is 19.0. The summed E-state index contributed by atoms with van der Waals surface area (Å²) in [5.74, 6) is -1.22. The van der Waals surface area contributed by atoms with Crippen LogP contribution < -0.4 is 20.9 Å². The molecule has 1 aliphatic carbocycles. The number of carbonyl (C=O) groups is 1. The number of ether oxygens (including phenoxy) is 1. The highest BCUT2D eigenvalue weighted by Crippen LogP contribution is 2.39. The number of likely N-dealkylation sites (tertiary alicyclic amines) is 1. The van der Waals surface area contributed by atoms with Crippen LogP contribution in [0.5, 0.6) is 5.75 Å². The second-order valence-corrected chi connectivity index (χ2v) is 15.0. The van der Waals surface area contributed by atoms with Crippen LogP contribution in [-0.2, 0) is 12.0 Å². The van der Waals surface area contributed by atoms with Crippen LogP contribution >= 0.6 is 0 Å². The number of fused-ring (bicyclic) bond motifs is 1. The van der Waals surface area contributed by atoms with Gasteiger partial charge < -0.3 is 10.1 Å². The third-order valence-electron chi connectivity index (χ3n) is 9.62. The predicted octanol–water partition coefficient (Wildman–Crippen LogP) is 7.94. The van der Waals surface area contributed by atoms with Gasteiger partial charge in [0.25, 0.3) is 5.92 Å². The van der Waals surface area contributed by atoms with Crippen LogP contribution in [-0.4, -0.2) is 50.1 Å². The molecular formula is C39H48F2N8O2. The first-order valence-corrected chi connectivity index (χ1v) is 17.7. The summed E-state index contributed by atoms with van der Waals surface area (Å²) in [7, 11) is 0. The number of benzene rings is 2. The van der Waals surface area contributed by atoms with E-state index in [4.69, 9.17) is 20.7 Å². The number of alkyl halides is 2. The van der Waals surface area contributed by atoms with Crippen LogP contribution in [0.25, 0.3) is 5.69 Å². The Morgan fingerprint density at radius 1 is 1.02 bits per heavy atom. The fourth-order valence-corrected chi connectivity index (χ4v) is 6.64. The van der Waals surface area contributed by atoms with Crippen molar-refractivity contribution in [2.75, 3.05) is 18.4 Å². The molecule has 2 aliphatic rings. The van der Waals surface area contributed by atoms with Crippen LogP contribution in [0.2, 0.25) is 0 Å². The number of rotatable bonds is 8. The third kappa shape index (κ3) is 8.39. The van der Waals surface area contributed by atoms with E-state index in [-0.39, 0.29) is 47.8 Å². The zero-order chi connectivity index (χ0) is 36.5. The first kappa shape index (κ1) is 36.0. The lowest BCUT2D eigenvalue weighted by atomic mass is 9.85. The maximum atomic E-state index is 13.7. The number of carbonyl (C=O) groups excluding carboxylic acids is 1. The van der Waals surface area contributed by atoms with Gasteiger partial charge in [-0.2, -0.15) is 5.10 Å². The SMILES string of the molecule is CC(C)C(=N)n1cc(O[C@@H]2CC[C@H](NC(=O)Nc3cc(C(C)(C)C)nn3-c3cccc(CN4CCC(F)(F)CC4)c3)c3ccccc32)ccc1=N. The highest BCUT2D eigenvalue weighted by atomic mass is 19.3. The van der Waals surface area contributed by atoms with Crippen molar-refractivity contribution in [3.8, 4) is 11.4 Å². The molecule has 2 amide bonds. The predicted molar refractivity (Wildman–Crippen MR) is 194 cm³/mol. The molecule has 51 heavy (non-hydrogen) atoms. The Kier molecular flexibility index (Phi) is 10.2. The van der Waals surface area contributed by atoms with E-state index in [0.29, 0.717) is 49.9 Å². The molecule has 0 bridgehead atoms. The average molecular weight is 699 g/mol. The lowest BCUT2D eigenvalue weighted by Crippen LogP contribution is -2.38. The molecule has 12 heteroatoms. The van der Waals surface area contributed by atoms with Crippen molar-refractivity contribution in [2.45, 2.75) is 90.3 Å². The number of nitrogens with one attached hydrogen (secondary N) is 4. The van der Waals surface area contributed by atoms with Crippen LogP contribution in [0.4, 0.5) is 19.4 Å². The van der Waals surface area contributed by atoms with Gasteiger partial charge in [-0.25, -0.2) is 18.3 Å². The minimum Gasteiger partial charge on any atom is -0.484 e. The van der Waals surface area contributed by atoms with Crippen LogP contribution in [0.15, 0.2) is 72.9 Å². The molecule has 0 radical (unpaired) electrons. The third-order valence-corrected chi connectivity index (χ3v) is 9.62. The second kappa shape index (κ2) is 14.4. The van der Waals surface area contributed by atoms with E-state index < -0.39 is 5.92 Å². The van der Waals surface area contributed by atoms with Gasteiger partial charge in [0.2, 0.25) is 0 Å². The van der Waals surface area contributed by atoms with Gasteiger partial charge in [-0.05, 0) is 53.8 Å². The van der Waals surface area contributed by atoms with E-state index in [0.717, 1.165) is 28.1 Å². The number of piperidine rings is 1. The van der Waals surface area contributed by atoms with Gasteiger partial charge in [-0.15, -0.1) is 0 Å². The minimum atomic E-state index is -2.59. The molecular weight excluding hydrogens is 650 g/mol. The summed E-state index contributed by atoms with van der Waals surface area (Å²) in [5, 5.41) is 27.8. The molecule has 2 atom stereocenters. The number of hydrogen-bond donors (Lipinski definition) is 4. The van der Waals surface area contributed by atoms with Crippen molar-refractivity contribution in [3.63, 3.8) is 0 Å². The summed E-state index contributed by atoms with van der Waals surface area (Å²) >= 11 is 0. The Bertz CT molecular complexity index is 1950. The Hall–Kier alpha value is -4.84. The summed E-state index contributed by atoms with van der Waals surface area (Å²) in [6.07, 6.45) is 2.47. The molecule has 1 aliphatic heterocycles. The first-order valence-electron chi connectivity index (χ1n) is 17.7. The quantitative estimate of drug-likeness (QED) is 0.110. The van der Waals surface area contributed by atoms with Crippen LogP contribution in [0.1, 0.15) is 94.8 Å². The van der Waals surface area contributed by atoms with E-state index in [1.807, 2.05) is 73.3 Å². The van der Waals surface area contributed by atoms with Crippen LogP contribution in [0, 0.1) is 16.7 Å². The molecule has 6 rings (SSSR count). The first-order chi connectivity index (χ1) is 24.2. The zero-order valence-corrected chi connectivity index (χ0v) is 30.0. The summed E-state index contributed by atoms with van der Waals surface area (Å²) in [6, 6.07) is 20.5. The molecule has 3 heterocycles. The fourth-order valence-electron chi connectivity index (χ4n) is 6.64. The Morgan fingerprint density at radius 3 is 2.45 bits per heavy atom. The summed E-state index contributed by atoms with van der Waals surface area (Å²) in [5.41, 5.74) is 4.46. The van der Waals surface area contributed by atoms with E-state index in [1.165, 1.54) is 4.57 Å². The molecule has 0 saturated carbocycles. The number of pyridine rings is 1. The molecule has 0 spiro atoms. The number of amides is 2. The topological polar surface area (TPSA) is 124 Å². The van der Waals surface area contributed by atoms with Gasteiger partial charge in [0.1, 0.15) is 29.0 Å². The lowest BCUT2D eigenvalue weighted by Gasteiger charge is -2.32. The largest absolute Gasteiger partial charge is 0.484 e. The zero-order valence-electron chi connectivity index (χ0n) is 30.0. The summed E-state index contributed by atoms with van der Waals surface area (Å²) < 4.78 is 37.2. The molecule has 4 N–H and O–H groups in total. The Balaban J connectivity index is 1.18. The van der Waals surface area contributed by atoms with Gasteiger partial charge in [-0.3, -0.25) is 25.6 Å². The van der Waals surface area contributed by atoms with Gasteiger partial charge in [0, 0.05) is 49.9 Å². The number of anilines is 1. The standard InChI is InChI=1S/C39H48F2N8O2/c1-25(2)36(43)48-24-28(13-16-34(48)42)51-32-15-14-31(29-11-6-7-12-30(29)32)44-37(50)45-35-22-33(38(3,4)5)46-49(35)27-10-8-9-26(21-27)23-47-19-17-39(40,41)18-20-47/h6-13,16,21-22,24-25,31-32,42-43H,14-15,17-20,23H2,1-5H3,(H2,44,45,50)/t31-,32+/m0/s1. The molecule has 2 aromatic carbocycles. The van der Waals surface area contributed by atoms with Gasteiger partial charge >= 0.3 is 6.03 Å². The van der Waals surface area contributed by atoms with Crippen molar-refractivity contribution in [2.24, 2.45) is 5.92 Å². The van der Waals surface area contributed by atoms with E-state index in [1.54, 1.807) is 23.0 Å². The smallest absolute Gasteiger partial charge is 0.320 e. The lowest BCUT2D eigenvalue weighted by molar-refractivity contribution is -0.0566. The minimum absolute atomic E-state index is 0.0449. The van der Waals surface area contributed by atoms with Gasteiger partial charge in [0.15, 0.2) is 0 Å². The van der Waals surface area contributed by atoms with Crippen molar-refractivity contribution in [1.82, 2.24) is 24.6 Å². The molecule has 1 saturated heterocycles. The van der Waals surface area contributed by atoms with Crippen molar-refractivity contribution in [1.29, 1.82) is 10.8 Å². The van der Waals surface area contributed by atoms with E-state index >= 15 is 0 Å². The molecule has 4 aromatic rings. The number of nitrogens with zero attached hydrogens (tertiary/aromatic N) is 4.